The van der Waals surface area contributed by atoms with Gasteiger partial charge in [-0.05, 0) is 49.6 Å². The molecule has 1 N–H and O–H groups in total. The van der Waals surface area contributed by atoms with Crippen molar-refractivity contribution in [1.29, 1.82) is 0 Å². The van der Waals surface area contributed by atoms with E-state index in [9.17, 15) is 4.79 Å². The minimum absolute atomic E-state index is 0.0749. The summed E-state index contributed by atoms with van der Waals surface area (Å²) in [5.41, 5.74) is 5.64. The first-order valence-electron chi connectivity index (χ1n) is 9.70. The van der Waals surface area contributed by atoms with Crippen molar-refractivity contribution in [2.75, 3.05) is 5.32 Å². The number of carbonyl (C=O) groups is 1. The largest absolute Gasteiger partial charge is 0.324 e. The van der Waals surface area contributed by atoms with Crippen molar-refractivity contribution in [3.63, 3.8) is 0 Å². The average Bonchev–Trinajstić information content (AvgIpc) is 3.36. The Morgan fingerprint density at radius 2 is 1.97 bits per heavy atom. The maximum Gasteiger partial charge on any atom is 0.249 e. The molecule has 30 heavy (non-hydrogen) atoms. The van der Waals surface area contributed by atoms with Crippen molar-refractivity contribution < 1.29 is 4.79 Å². The van der Waals surface area contributed by atoms with E-state index in [1.807, 2.05) is 66.3 Å². The zero-order valence-corrected chi connectivity index (χ0v) is 17.9. The Hall–Kier alpha value is -3.26. The summed E-state index contributed by atoms with van der Waals surface area (Å²) < 4.78 is 4.65. The number of rotatable bonds is 3. The first-order valence-corrected chi connectivity index (χ1v) is 10.5. The van der Waals surface area contributed by atoms with Crippen LogP contribution >= 0.6 is 15.9 Å². The van der Waals surface area contributed by atoms with Gasteiger partial charge in [-0.25, -0.2) is 9.67 Å². The van der Waals surface area contributed by atoms with E-state index in [1.165, 1.54) is 0 Å². The number of fused-ring (bicyclic) bond motifs is 1. The molecule has 0 spiro atoms. The molecule has 4 aromatic rings. The lowest BCUT2D eigenvalue weighted by Gasteiger charge is -2.12. The van der Waals surface area contributed by atoms with Crippen LogP contribution in [0.3, 0.4) is 0 Å². The summed E-state index contributed by atoms with van der Waals surface area (Å²) >= 11 is 3.58. The Morgan fingerprint density at radius 3 is 2.73 bits per heavy atom. The van der Waals surface area contributed by atoms with Crippen LogP contribution in [0.1, 0.15) is 23.7 Å². The summed E-state index contributed by atoms with van der Waals surface area (Å²) in [5.74, 6) is -0.0749. The molecule has 0 radical (unpaired) electrons. The van der Waals surface area contributed by atoms with Gasteiger partial charge in [0.15, 0.2) is 0 Å². The van der Waals surface area contributed by atoms with Crippen LogP contribution in [0.5, 0.6) is 0 Å². The van der Waals surface area contributed by atoms with Crippen LogP contribution in [0.4, 0.5) is 5.69 Å². The van der Waals surface area contributed by atoms with E-state index in [0.29, 0.717) is 6.42 Å². The van der Waals surface area contributed by atoms with Crippen molar-refractivity contribution in [1.82, 2.24) is 24.5 Å². The third kappa shape index (κ3) is 3.43. The van der Waals surface area contributed by atoms with Crippen LogP contribution < -0.4 is 5.32 Å². The first kappa shape index (κ1) is 18.7. The van der Waals surface area contributed by atoms with Gasteiger partial charge in [0.1, 0.15) is 11.7 Å². The van der Waals surface area contributed by atoms with E-state index >= 15 is 0 Å². The van der Waals surface area contributed by atoms with Crippen LogP contribution in [-0.2, 0) is 11.2 Å². The topological polar surface area (TPSA) is 77.6 Å². The summed E-state index contributed by atoms with van der Waals surface area (Å²) in [5, 5.41) is 11.6. The maximum absolute atomic E-state index is 12.8. The second kappa shape index (κ2) is 7.53. The minimum atomic E-state index is -0.404. The van der Waals surface area contributed by atoms with E-state index < -0.39 is 6.04 Å². The van der Waals surface area contributed by atoms with Crippen LogP contribution in [0.2, 0.25) is 0 Å². The van der Waals surface area contributed by atoms with Crippen LogP contribution in [0.15, 0.2) is 65.7 Å². The lowest BCUT2D eigenvalue weighted by molar-refractivity contribution is -0.119. The van der Waals surface area contributed by atoms with Crippen molar-refractivity contribution in [2.24, 2.45) is 0 Å². The van der Waals surface area contributed by atoms with Crippen LogP contribution in [0.25, 0.3) is 16.9 Å². The molecular weight excluding hydrogens is 444 g/mol. The predicted molar refractivity (Wildman–Crippen MR) is 117 cm³/mol. The molecule has 5 rings (SSSR count). The van der Waals surface area contributed by atoms with Crippen molar-refractivity contribution in [3.05, 3.63) is 76.9 Å². The number of carbonyl (C=O) groups excluding carboxylic acids is 1. The predicted octanol–water partition coefficient (Wildman–Crippen LogP) is 4.33. The quantitative estimate of drug-likeness (QED) is 0.491. The van der Waals surface area contributed by atoms with Crippen LogP contribution in [-0.4, -0.2) is 30.5 Å². The highest BCUT2D eigenvalue weighted by Gasteiger charge is 2.27. The molecule has 0 saturated carbocycles. The molecule has 1 aliphatic heterocycles. The summed E-state index contributed by atoms with van der Waals surface area (Å²) in [7, 11) is 0. The monoisotopic (exact) mass is 462 g/mol. The Labute approximate surface area is 181 Å². The summed E-state index contributed by atoms with van der Waals surface area (Å²) in [4.78, 5) is 17.1. The van der Waals surface area contributed by atoms with E-state index in [1.54, 1.807) is 11.0 Å². The number of anilines is 1. The number of halogens is 1. The molecule has 1 unspecified atom stereocenters. The standard InChI is InChI=1S/C22H19BrN6O/c1-14-11-28(13-24-14)16-7-5-15(6-8-16)20-12-29(27-26-20)21-10-9-17-18(23)3-2-4-19(17)25-22(21)30/h2-8,11-13,21H,9-10H2,1H3,(H,25,30). The number of nitrogens with one attached hydrogen (secondary N) is 1. The van der Waals surface area contributed by atoms with E-state index in [-0.39, 0.29) is 5.91 Å². The number of benzene rings is 2. The molecule has 1 amide bonds. The fraction of sp³-hybridized carbons (Fsp3) is 0.182. The minimum Gasteiger partial charge on any atom is -0.324 e. The highest BCUT2D eigenvalue weighted by atomic mass is 79.9. The van der Waals surface area contributed by atoms with Gasteiger partial charge in [-0.15, -0.1) is 5.10 Å². The van der Waals surface area contributed by atoms with Crippen molar-refractivity contribution in [2.45, 2.75) is 25.8 Å². The molecule has 7 nitrogen and oxygen atoms in total. The molecule has 1 atom stereocenters. The molecule has 2 aromatic heterocycles. The van der Waals surface area contributed by atoms with Crippen molar-refractivity contribution >= 4 is 27.5 Å². The Kier molecular flexibility index (Phi) is 4.71. The zero-order valence-electron chi connectivity index (χ0n) is 16.3. The fourth-order valence-corrected chi connectivity index (χ4v) is 4.30. The average molecular weight is 463 g/mol. The first-order chi connectivity index (χ1) is 14.6. The van der Waals surface area contributed by atoms with Gasteiger partial charge in [0.25, 0.3) is 0 Å². The molecule has 3 heterocycles. The van der Waals surface area contributed by atoms with Gasteiger partial charge in [-0.2, -0.15) is 0 Å². The second-order valence-electron chi connectivity index (χ2n) is 7.36. The molecule has 1 aliphatic rings. The van der Waals surface area contributed by atoms with Crippen LogP contribution in [0, 0.1) is 6.92 Å². The second-order valence-corrected chi connectivity index (χ2v) is 8.22. The molecule has 0 fully saturated rings. The van der Waals surface area contributed by atoms with Gasteiger partial charge in [-0.1, -0.05) is 39.3 Å². The van der Waals surface area contributed by atoms with E-state index in [4.69, 9.17) is 0 Å². The number of amides is 1. The smallest absolute Gasteiger partial charge is 0.249 e. The molecule has 0 aliphatic carbocycles. The normalized spacial score (nSPS) is 16.1. The Morgan fingerprint density at radius 1 is 1.13 bits per heavy atom. The number of aromatic nitrogens is 5. The van der Waals surface area contributed by atoms with Gasteiger partial charge < -0.3 is 9.88 Å². The molecule has 2 aromatic carbocycles. The van der Waals surface area contributed by atoms with Gasteiger partial charge in [-0.3, -0.25) is 4.79 Å². The van der Waals surface area contributed by atoms with Gasteiger partial charge in [0, 0.05) is 27.6 Å². The lowest BCUT2D eigenvalue weighted by Crippen LogP contribution is -2.25. The van der Waals surface area contributed by atoms with Gasteiger partial charge in [0.05, 0.1) is 18.2 Å². The number of aryl methyl sites for hydroxylation is 1. The van der Waals surface area contributed by atoms with E-state index in [0.717, 1.165) is 44.8 Å². The number of imidazole rings is 1. The molecule has 0 saturated heterocycles. The number of hydrogen-bond donors (Lipinski definition) is 1. The van der Waals surface area contributed by atoms with Gasteiger partial charge >= 0.3 is 0 Å². The Bertz CT molecular complexity index is 1230. The summed E-state index contributed by atoms with van der Waals surface area (Å²) in [6.07, 6.45) is 7.04. The highest BCUT2D eigenvalue weighted by Crippen LogP contribution is 2.32. The zero-order chi connectivity index (χ0) is 20.7. The summed E-state index contributed by atoms with van der Waals surface area (Å²) in [6.45, 7) is 1.96. The molecule has 150 valence electrons. The molecule has 8 heteroatoms. The highest BCUT2D eigenvalue weighted by molar-refractivity contribution is 9.10. The lowest BCUT2D eigenvalue weighted by atomic mass is 10.1. The number of nitrogens with zero attached hydrogens (tertiary/aromatic N) is 5. The maximum atomic E-state index is 12.8. The Balaban J connectivity index is 1.38. The fourth-order valence-electron chi connectivity index (χ4n) is 3.74. The third-order valence-corrected chi connectivity index (χ3v) is 6.09. The molecule has 0 bridgehead atoms. The summed E-state index contributed by atoms with van der Waals surface area (Å²) in [6, 6.07) is 13.5. The third-order valence-electron chi connectivity index (χ3n) is 5.35. The van der Waals surface area contributed by atoms with E-state index in [2.05, 4.69) is 36.5 Å². The number of hydrogen-bond acceptors (Lipinski definition) is 4. The van der Waals surface area contributed by atoms with Gasteiger partial charge in [0.2, 0.25) is 5.91 Å². The SMILES string of the molecule is Cc1cn(-c2ccc(-c3cn(C4CCc5c(Br)cccc5NC4=O)nn3)cc2)cn1. The van der Waals surface area contributed by atoms with Crippen molar-refractivity contribution in [3.8, 4) is 16.9 Å². The molecular formula is C22H19BrN6O.